The lowest BCUT2D eigenvalue weighted by Crippen LogP contribution is -2.07. The van der Waals surface area contributed by atoms with E-state index in [2.05, 4.69) is 0 Å². The molecule has 90 valence electrons. The van der Waals surface area contributed by atoms with Crippen LogP contribution in [0.3, 0.4) is 0 Å². The molecule has 1 N–H and O–H groups in total. The molecule has 0 fully saturated rings. The number of benzene rings is 1. The Morgan fingerprint density at radius 2 is 2.00 bits per heavy atom. The van der Waals surface area contributed by atoms with Crippen LogP contribution in [0, 0.1) is 0 Å². The molecule has 0 saturated heterocycles. The number of methoxy groups -OCH3 is 1. The zero-order valence-electron chi connectivity index (χ0n) is 9.73. The van der Waals surface area contributed by atoms with Crippen molar-refractivity contribution in [1.29, 1.82) is 0 Å². The normalized spacial score (nSPS) is 10.2. The molecular formula is C12H18O4. The van der Waals surface area contributed by atoms with Crippen molar-refractivity contribution in [1.82, 2.24) is 0 Å². The van der Waals surface area contributed by atoms with Crippen LogP contribution in [0.5, 0.6) is 11.5 Å². The molecule has 16 heavy (non-hydrogen) atoms. The van der Waals surface area contributed by atoms with Gasteiger partial charge < -0.3 is 19.3 Å². The van der Waals surface area contributed by atoms with E-state index in [1.165, 1.54) is 0 Å². The minimum atomic E-state index is -0.00438. The zero-order valence-corrected chi connectivity index (χ0v) is 9.73. The fourth-order valence-corrected chi connectivity index (χ4v) is 1.28. The van der Waals surface area contributed by atoms with Gasteiger partial charge in [0.25, 0.3) is 0 Å². The van der Waals surface area contributed by atoms with Gasteiger partial charge in [0.15, 0.2) is 11.5 Å². The molecule has 1 aromatic carbocycles. The van der Waals surface area contributed by atoms with Crippen LogP contribution in [-0.2, 0) is 11.3 Å². The SMILES string of the molecule is CCOCCOc1ccc(CO)cc1OC. The van der Waals surface area contributed by atoms with Gasteiger partial charge in [0.1, 0.15) is 6.61 Å². The average molecular weight is 226 g/mol. The zero-order chi connectivity index (χ0) is 11.8. The fourth-order valence-electron chi connectivity index (χ4n) is 1.28. The summed E-state index contributed by atoms with van der Waals surface area (Å²) in [6.45, 7) is 3.67. The molecule has 4 nitrogen and oxygen atoms in total. The Balaban J connectivity index is 2.57. The second-order valence-corrected chi connectivity index (χ2v) is 3.19. The van der Waals surface area contributed by atoms with Crippen molar-refractivity contribution < 1.29 is 19.3 Å². The Morgan fingerprint density at radius 3 is 2.62 bits per heavy atom. The first kappa shape index (κ1) is 12.8. The molecule has 0 atom stereocenters. The highest BCUT2D eigenvalue weighted by Crippen LogP contribution is 2.27. The van der Waals surface area contributed by atoms with Crippen molar-refractivity contribution in [3.8, 4) is 11.5 Å². The first-order valence-electron chi connectivity index (χ1n) is 5.30. The van der Waals surface area contributed by atoms with Gasteiger partial charge in [-0.05, 0) is 24.6 Å². The van der Waals surface area contributed by atoms with Crippen LogP contribution in [-0.4, -0.2) is 32.0 Å². The molecular weight excluding hydrogens is 208 g/mol. The van der Waals surface area contributed by atoms with E-state index in [0.29, 0.717) is 31.3 Å². The van der Waals surface area contributed by atoms with E-state index in [1.807, 2.05) is 6.92 Å². The fraction of sp³-hybridized carbons (Fsp3) is 0.500. The van der Waals surface area contributed by atoms with Crippen molar-refractivity contribution >= 4 is 0 Å². The quantitative estimate of drug-likeness (QED) is 0.717. The number of hydrogen-bond donors (Lipinski definition) is 1. The van der Waals surface area contributed by atoms with Gasteiger partial charge in [-0.1, -0.05) is 6.07 Å². The van der Waals surface area contributed by atoms with Gasteiger partial charge >= 0.3 is 0 Å². The molecule has 1 rings (SSSR count). The lowest BCUT2D eigenvalue weighted by molar-refractivity contribution is 0.109. The first-order valence-corrected chi connectivity index (χ1v) is 5.30. The van der Waals surface area contributed by atoms with Crippen LogP contribution >= 0.6 is 0 Å². The summed E-state index contributed by atoms with van der Waals surface area (Å²) in [7, 11) is 1.58. The van der Waals surface area contributed by atoms with Crippen molar-refractivity contribution in [3.05, 3.63) is 23.8 Å². The highest BCUT2D eigenvalue weighted by Gasteiger charge is 2.04. The van der Waals surface area contributed by atoms with E-state index in [0.717, 1.165) is 5.56 Å². The largest absolute Gasteiger partial charge is 0.493 e. The van der Waals surface area contributed by atoms with Gasteiger partial charge in [0.05, 0.1) is 20.3 Å². The third-order valence-electron chi connectivity index (χ3n) is 2.10. The Bertz CT molecular complexity index is 312. The van der Waals surface area contributed by atoms with Crippen molar-refractivity contribution in [2.75, 3.05) is 26.9 Å². The van der Waals surface area contributed by atoms with Gasteiger partial charge in [-0.25, -0.2) is 0 Å². The average Bonchev–Trinajstić information content (AvgIpc) is 2.34. The van der Waals surface area contributed by atoms with E-state index < -0.39 is 0 Å². The Morgan fingerprint density at radius 1 is 1.19 bits per heavy atom. The number of aliphatic hydroxyl groups is 1. The van der Waals surface area contributed by atoms with Gasteiger partial charge in [-0.3, -0.25) is 0 Å². The topological polar surface area (TPSA) is 47.9 Å². The van der Waals surface area contributed by atoms with Gasteiger partial charge in [-0.2, -0.15) is 0 Å². The van der Waals surface area contributed by atoms with Crippen LogP contribution in [0.4, 0.5) is 0 Å². The molecule has 0 aliphatic carbocycles. The molecule has 4 heteroatoms. The molecule has 0 unspecified atom stereocenters. The van der Waals surface area contributed by atoms with Crippen LogP contribution < -0.4 is 9.47 Å². The second-order valence-electron chi connectivity index (χ2n) is 3.19. The van der Waals surface area contributed by atoms with Crippen LogP contribution in [0.1, 0.15) is 12.5 Å². The number of aliphatic hydroxyl groups excluding tert-OH is 1. The maximum absolute atomic E-state index is 8.98. The highest BCUT2D eigenvalue weighted by atomic mass is 16.5. The molecule has 0 aliphatic rings. The molecule has 0 saturated carbocycles. The van der Waals surface area contributed by atoms with E-state index in [4.69, 9.17) is 19.3 Å². The summed E-state index contributed by atoms with van der Waals surface area (Å²) >= 11 is 0. The van der Waals surface area contributed by atoms with Crippen molar-refractivity contribution in [2.24, 2.45) is 0 Å². The van der Waals surface area contributed by atoms with Crippen molar-refractivity contribution in [2.45, 2.75) is 13.5 Å². The van der Waals surface area contributed by atoms with Gasteiger partial charge in [-0.15, -0.1) is 0 Å². The summed E-state index contributed by atoms with van der Waals surface area (Å²) in [6, 6.07) is 5.35. The predicted molar refractivity (Wildman–Crippen MR) is 60.9 cm³/mol. The summed E-state index contributed by atoms with van der Waals surface area (Å²) in [6.07, 6.45) is 0. The Kier molecular flexibility index (Phi) is 5.67. The molecule has 0 amide bonds. The maximum atomic E-state index is 8.98. The third-order valence-corrected chi connectivity index (χ3v) is 2.10. The third kappa shape index (κ3) is 3.72. The molecule has 0 heterocycles. The number of rotatable bonds is 7. The maximum Gasteiger partial charge on any atom is 0.161 e. The van der Waals surface area contributed by atoms with E-state index in [1.54, 1.807) is 25.3 Å². The lowest BCUT2D eigenvalue weighted by Gasteiger charge is -2.11. The minimum Gasteiger partial charge on any atom is -0.493 e. The lowest BCUT2D eigenvalue weighted by atomic mass is 10.2. The molecule has 1 aromatic rings. The molecule has 0 bridgehead atoms. The summed E-state index contributed by atoms with van der Waals surface area (Å²) in [5.74, 6) is 1.29. The standard InChI is InChI=1S/C12H18O4/c1-3-15-6-7-16-11-5-4-10(9-13)8-12(11)14-2/h4-5,8,13H,3,6-7,9H2,1-2H3. The van der Waals surface area contributed by atoms with E-state index >= 15 is 0 Å². The minimum absolute atomic E-state index is 0.00438. The van der Waals surface area contributed by atoms with Gasteiger partial charge in [0, 0.05) is 6.61 Å². The summed E-state index contributed by atoms with van der Waals surface area (Å²) < 4.78 is 15.8. The van der Waals surface area contributed by atoms with Crippen LogP contribution in [0.15, 0.2) is 18.2 Å². The van der Waals surface area contributed by atoms with Crippen LogP contribution in [0.2, 0.25) is 0 Å². The van der Waals surface area contributed by atoms with E-state index in [-0.39, 0.29) is 6.61 Å². The number of hydrogen-bond acceptors (Lipinski definition) is 4. The smallest absolute Gasteiger partial charge is 0.161 e. The molecule has 0 aromatic heterocycles. The summed E-state index contributed by atoms with van der Waals surface area (Å²) in [4.78, 5) is 0. The molecule has 0 radical (unpaired) electrons. The Hall–Kier alpha value is -1.26. The van der Waals surface area contributed by atoms with Crippen LogP contribution in [0.25, 0.3) is 0 Å². The highest BCUT2D eigenvalue weighted by molar-refractivity contribution is 5.42. The summed E-state index contributed by atoms with van der Waals surface area (Å²) in [5, 5.41) is 8.98. The molecule has 0 aliphatic heterocycles. The summed E-state index contributed by atoms with van der Waals surface area (Å²) in [5.41, 5.74) is 0.800. The number of ether oxygens (including phenoxy) is 3. The van der Waals surface area contributed by atoms with E-state index in [9.17, 15) is 0 Å². The molecule has 0 spiro atoms. The monoisotopic (exact) mass is 226 g/mol. The second kappa shape index (κ2) is 7.09. The first-order chi connectivity index (χ1) is 7.81. The van der Waals surface area contributed by atoms with Gasteiger partial charge in [0.2, 0.25) is 0 Å². The van der Waals surface area contributed by atoms with Crippen molar-refractivity contribution in [3.63, 3.8) is 0 Å². The predicted octanol–water partition coefficient (Wildman–Crippen LogP) is 1.60. The Labute approximate surface area is 95.8 Å².